The highest BCUT2D eigenvalue weighted by Gasteiger charge is 2.34. The van der Waals surface area contributed by atoms with Gasteiger partial charge in [0.25, 0.3) is 0 Å². The monoisotopic (exact) mass is 268 g/mol. The minimum absolute atomic E-state index is 0.0346. The van der Waals surface area contributed by atoms with E-state index in [1.54, 1.807) is 18.2 Å². The molecule has 1 aliphatic heterocycles. The van der Waals surface area contributed by atoms with Gasteiger partial charge in [-0.2, -0.15) is 10.5 Å². The van der Waals surface area contributed by atoms with Crippen LogP contribution in [0, 0.1) is 28.1 Å². The minimum Gasteiger partial charge on any atom is -0.326 e. The molecule has 2 N–H and O–H groups in total. The molecule has 0 radical (unpaired) electrons. The van der Waals surface area contributed by atoms with E-state index in [9.17, 15) is 4.79 Å². The van der Waals surface area contributed by atoms with Crippen LogP contribution in [-0.4, -0.2) is 19.0 Å². The first-order chi connectivity index (χ1) is 9.59. The molecule has 5 nitrogen and oxygen atoms in total. The van der Waals surface area contributed by atoms with Crippen molar-refractivity contribution >= 4 is 11.6 Å². The van der Waals surface area contributed by atoms with Gasteiger partial charge in [0.05, 0.1) is 11.1 Å². The molecule has 0 bridgehead atoms. The summed E-state index contributed by atoms with van der Waals surface area (Å²) in [6.45, 7) is 3.62. The van der Waals surface area contributed by atoms with Crippen molar-refractivity contribution in [2.24, 2.45) is 5.41 Å². The number of hydrogen-bond acceptors (Lipinski definition) is 4. The summed E-state index contributed by atoms with van der Waals surface area (Å²) in [6, 6.07) is 8.67. The van der Waals surface area contributed by atoms with Gasteiger partial charge >= 0.3 is 0 Å². The predicted octanol–water partition coefficient (Wildman–Crippen LogP) is 1.76. The number of carbonyl (C=O) groups excluding carboxylic acids is 1. The van der Waals surface area contributed by atoms with Crippen LogP contribution in [0.25, 0.3) is 0 Å². The van der Waals surface area contributed by atoms with E-state index in [0.717, 1.165) is 25.9 Å². The summed E-state index contributed by atoms with van der Waals surface area (Å²) in [4.78, 5) is 12.4. The molecule has 1 aromatic carbocycles. The zero-order valence-corrected chi connectivity index (χ0v) is 11.4. The van der Waals surface area contributed by atoms with Crippen molar-refractivity contribution in [2.45, 2.75) is 19.8 Å². The average Bonchev–Trinajstić information content (AvgIpc) is 2.47. The van der Waals surface area contributed by atoms with Crippen LogP contribution in [-0.2, 0) is 4.79 Å². The first-order valence-electron chi connectivity index (χ1n) is 6.55. The van der Waals surface area contributed by atoms with Gasteiger partial charge in [-0.15, -0.1) is 0 Å². The molecule has 0 unspecified atom stereocenters. The lowest BCUT2D eigenvalue weighted by atomic mass is 9.80. The van der Waals surface area contributed by atoms with Crippen LogP contribution in [0.5, 0.6) is 0 Å². The summed E-state index contributed by atoms with van der Waals surface area (Å²) in [6.07, 6.45) is 1.58. The molecule has 1 aliphatic rings. The topological polar surface area (TPSA) is 88.7 Å². The van der Waals surface area contributed by atoms with Crippen molar-refractivity contribution in [1.82, 2.24) is 5.32 Å². The summed E-state index contributed by atoms with van der Waals surface area (Å²) < 4.78 is 0. The van der Waals surface area contributed by atoms with Gasteiger partial charge in [-0.25, -0.2) is 0 Å². The molecule has 0 atom stereocenters. The highest BCUT2D eigenvalue weighted by atomic mass is 16.2. The molecule has 1 aromatic rings. The van der Waals surface area contributed by atoms with Gasteiger partial charge in [0.1, 0.15) is 12.1 Å². The highest BCUT2D eigenvalue weighted by molar-refractivity contribution is 5.95. The van der Waals surface area contributed by atoms with Gasteiger partial charge in [0.2, 0.25) is 5.91 Å². The fraction of sp³-hybridized carbons (Fsp3) is 0.400. The summed E-state index contributed by atoms with van der Waals surface area (Å²) in [7, 11) is 0. The lowest BCUT2D eigenvalue weighted by Gasteiger charge is -2.32. The van der Waals surface area contributed by atoms with Crippen LogP contribution < -0.4 is 10.6 Å². The number of piperidine rings is 1. The number of anilines is 1. The molecular formula is C15H16N4O. The van der Waals surface area contributed by atoms with Gasteiger partial charge in [-0.3, -0.25) is 4.79 Å². The molecule has 1 saturated heterocycles. The Hall–Kier alpha value is -2.37. The number of nitriles is 2. The SMILES string of the molecule is CC1(C(=O)Nc2ccc(C#N)c(C#N)c2)CCNCC1. The van der Waals surface area contributed by atoms with E-state index in [1.165, 1.54) is 0 Å². The van der Waals surface area contributed by atoms with Crippen molar-refractivity contribution in [2.75, 3.05) is 18.4 Å². The first-order valence-corrected chi connectivity index (χ1v) is 6.55. The third-order valence-corrected chi connectivity index (χ3v) is 3.77. The predicted molar refractivity (Wildman–Crippen MR) is 74.7 cm³/mol. The maximum absolute atomic E-state index is 12.4. The zero-order chi connectivity index (χ0) is 14.6. The molecule has 1 fully saturated rings. The lowest BCUT2D eigenvalue weighted by molar-refractivity contribution is -0.126. The third kappa shape index (κ3) is 2.79. The molecule has 102 valence electrons. The van der Waals surface area contributed by atoms with Crippen LogP contribution in [0.1, 0.15) is 30.9 Å². The number of amides is 1. The van der Waals surface area contributed by atoms with Crippen LogP contribution in [0.2, 0.25) is 0 Å². The van der Waals surface area contributed by atoms with Crippen LogP contribution in [0.3, 0.4) is 0 Å². The Bertz CT molecular complexity index is 603. The molecule has 1 amide bonds. The lowest BCUT2D eigenvalue weighted by Crippen LogP contribution is -2.42. The van der Waals surface area contributed by atoms with Gasteiger partial charge in [-0.05, 0) is 44.1 Å². The number of nitrogens with one attached hydrogen (secondary N) is 2. The molecule has 0 spiro atoms. The molecule has 20 heavy (non-hydrogen) atoms. The second-order valence-corrected chi connectivity index (χ2v) is 5.25. The Labute approximate surface area is 118 Å². The fourth-order valence-electron chi connectivity index (χ4n) is 2.30. The number of benzene rings is 1. The van der Waals surface area contributed by atoms with E-state index in [1.807, 2.05) is 19.1 Å². The number of carbonyl (C=O) groups is 1. The Morgan fingerprint density at radius 1 is 1.25 bits per heavy atom. The van der Waals surface area contributed by atoms with Crippen molar-refractivity contribution < 1.29 is 4.79 Å². The highest BCUT2D eigenvalue weighted by Crippen LogP contribution is 2.29. The smallest absolute Gasteiger partial charge is 0.230 e. The largest absolute Gasteiger partial charge is 0.326 e. The van der Waals surface area contributed by atoms with E-state index in [0.29, 0.717) is 11.3 Å². The van der Waals surface area contributed by atoms with E-state index in [-0.39, 0.29) is 16.9 Å². The van der Waals surface area contributed by atoms with E-state index in [4.69, 9.17) is 10.5 Å². The van der Waals surface area contributed by atoms with Crippen molar-refractivity contribution in [3.05, 3.63) is 29.3 Å². The van der Waals surface area contributed by atoms with Crippen LogP contribution in [0.4, 0.5) is 5.69 Å². The Morgan fingerprint density at radius 2 is 1.90 bits per heavy atom. The first kappa shape index (κ1) is 14.0. The number of nitrogens with zero attached hydrogens (tertiary/aromatic N) is 2. The Kier molecular flexibility index (Phi) is 4.02. The minimum atomic E-state index is -0.383. The number of rotatable bonds is 2. The molecule has 0 aromatic heterocycles. The summed E-state index contributed by atoms with van der Waals surface area (Å²) in [5.41, 5.74) is 0.774. The quantitative estimate of drug-likeness (QED) is 0.855. The summed E-state index contributed by atoms with van der Waals surface area (Å²) in [5, 5.41) is 23.9. The van der Waals surface area contributed by atoms with E-state index >= 15 is 0 Å². The molecular weight excluding hydrogens is 252 g/mol. The second kappa shape index (κ2) is 5.73. The molecule has 1 heterocycles. The van der Waals surface area contributed by atoms with Gasteiger partial charge in [0.15, 0.2) is 0 Å². The maximum atomic E-state index is 12.4. The zero-order valence-electron chi connectivity index (χ0n) is 11.4. The molecule has 2 rings (SSSR count). The van der Waals surface area contributed by atoms with Crippen molar-refractivity contribution in [3.63, 3.8) is 0 Å². The molecule has 5 heteroatoms. The maximum Gasteiger partial charge on any atom is 0.230 e. The van der Waals surface area contributed by atoms with Crippen LogP contribution >= 0.6 is 0 Å². The van der Waals surface area contributed by atoms with E-state index < -0.39 is 0 Å². The van der Waals surface area contributed by atoms with Crippen molar-refractivity contribution in [3.8, 4) is 12.1 Å². The third-order valence-electron chi connectivity index (χ3n) is 3.77. The number of hydrogen-bond donors (Lipinski definition) is 2. The normalized spacial score (nSPS) is 16.8. The Morgan fingerprint density at radius 3 is 2.50 bits per heavy atom. The van der Waals surface area contributed by atoms with E-state index in [2.05, 4.69) is 10.6 Å². The van der Waals surface area contributed by atoms with Crippen molar-refractivity contribution in [1.29, 1.82) is 10.5 Å². The van der Waals surface area contributed by atoms with Crippen LogP contribution in [0.15, 0.2) is 18.2 Å². The molecule has 0 aliphatic carbocycles. The second-order valence-electron chi connectivity index (χ2n) is 5.25. The molecule has 0 saturated carbocycles. The Balaban J connectivity index is 2.16. The standard InChI is InChI=1S/C15H16N4O/c1-15(4-6-18-7-5-15)14(20)19-13-3-2-11(9-16)12(8-13)10-17/h2-3,8,18H,4-7H2,1H3,(H,19,20). The average molecular weight is 268 g/mol. The van der Waals surface area contributed by atoms with Gasteiger partial charge < -0.3 is 10.6 Å². The fourth-order valence-corrected chi connectivity index (χ4v) is 2.30. The summed E-state index contributed by atoms with van der Waals surface area (Å²) in [5.74, 6) is -0.0346. The van der Waals surface area contributed by atoms with Gasteiger partial charge in [0, 0.05) is 11.1 Å². The summed E-state index contributed by atoms with van der Waals surface area (Å²) >= 11 is 0. The van der Waals surface area contributed by atoms with Gasteiger partial charge in [-0.1, -0.05) is 6.92 Å².